The largest absolute Gasteiger partial charge is 0.490 e. The van der Waals surface area contributed by atoms with Gasteiger partial charge in [-0.25, -0.2) is 0 Å². The van der Waals surface area contributed by atoms with Crippen LogP contribution in [0.25, 0.3) is 6.08 Å². The number of halogens is 1. The number of aryl methyl sites for hydroxylation is 1. The lowest BCUT2D eigenvalue weighted by Crippen LogP contribution is -2.14. The van der Waals surface area contributed by atoms with E-state index in [1.807, 2.05) is 52.0 Å². The molecule has 0 saturated heterocycles. The second kappa shape index (κ2) is 10.7. The molecule has 152 valence electrons. The number of amides is 1. The number of ether oxygens (including phenoxy) is 2. The van der Waals surface area contributed by atoms with Crippen LogP contribution >= 0.6 is 15.9 Å². The molecule has 0 radical (unpaired) electrons. The molecule has 0 atom stereocenters. The molecular weight excluding hydrogens is 432 g/mol. The van der Waals surface area contributed by atoms with Gasteiger partial charge in [0.2, 0.25) is 0 Å². The molecular formula is C23H25BrN2O3. The molecule has 0 saturated carbocycles. The number of rotatable bonds is 8. The van der Waals surface area contributed by atoms with Crippen molar-refractivity contribution in [2.75, 3.05) is 18.5 Å². The fourth-order valence-corrected chi connectivity index (χ4v) is 3.07. The van der Waals surface area contributed by atoms with Crippen molar-refractivity contribution >= 4 is 33.6 Å². The molecule has 0 fully saturated rings. The first-order valence-electron chi connectivity index (χ1n) is 9.49. The molecule has 0 heterocycles. The maximum Gasteiger partial charge on any atom is 0.266 e. The van der Waals surface area contributed by atoms with Gasteiger partial charge in [-0.3, -0.25) is 4.79 Å². The van der Waals surface area contributed by atoms with Gasteiger partial charge in [0.15, 0.2) is 11.5 Å². The van der Waals surface area contributed by atoms with Gasteiger partial charge in [-0.2, -0.15) is 5.26 Å². The van der Waals surface area contributed by atoms with Gasteiger partial charge in [-0.1, -0.05) is 35.0 Å². The van der Waals surface area contributed by atoms with E-state index < -0.39 is 5.91 Å². The number of nitriles is 1. The van der Waals surface area contributed by atoms with Gasteiger partial charge in [0, 0.05) is 10.2 Å². The van der Waals surface area contributed by atoms with E-state index in [2.05, 4.69) is 21.2 Å². The molecule has 0 aromatic heterocycles. The van der Waals surface area contributed by atoms with Crippen LogP contribution in [0.3, 0.4) is 0 Å². The Morgan fingerprint density at radius 2 is 1.93 bits per heavy atom. The molecule has 2 rings (SSSR count). The van der Waals surface area contributed by atoms with Crippen LogP contribution in [-0.2, 0) is 4.79 Å². The number of hydrogen-bond donors (Lipinski definition) is 1. The van der Waals surface area contributed by atoms with Gasteiger partial charge < -0.3 is 14.8 Å². The Bertz CT molecular complexity index is 961. The smallest absolute Gasteiger partial charge is 0.266 e. The monoisotopic (exact) mass is 456 g/mol. The van der Waals surface area contributed by atoms with E-state index in [0.717, 1.165) is 17.5 Å². The minimum Gasteiger partial charge on any atom is -0.490 e. The predicted molar refractivity (Wildman–Crippen MR) is 119 cm³/mol. The van der Waals surface area contributed by atoms with E-state index in [4.69, 9.17) is 9.47 Å². The van der Waals surface area contributed by atoms with Crippen molar-refractivity contribution in [2.24, 2.45) is 0 Å². The number of benzene rings is 2. The van der Waals surface area contributed by atoms with Crippen LogP contribution in [0.2, 0.25) is 0 Å². The maximum atomic E-state index is 12.7. The molecule has 29 heavy (non-hydrogen) atoms. The first kappa shape index (κ1) is 22.5. The summed E-state index contributed by atoms with van der Waals surface area (Å²) in [5.74, 6) is 0.732. The molecule has 1 N–H and O–H groups in total. The molecule has 0 aliphatic carbocycles. The molecule has 2 aromatic carbocycles. The summed E-state index contributed by atoms with van der Waals surface area (Å²) < 4.78 is 12.1. The normalized spacial score (nSPS) is 11.0. The summed E-state index contributed by atoms with van der Waals surface area (Å²) in [7, 11) is 0. The van der Waals surface area contributed by atoms with Gasteiger partial charge in [0.1, 0.15) is 11.6 Å². The fraction of sp³-hybridized carbons (Fsp3) is 0.304. The van der Waals surface area contributed by atoms with E-state index in [1.54, 1.807) is 12.1 Å². The van der Waals surface area contributed by atoms with Crippen LogP contribution in [-0.4, -0.2) is 19.1 Å². The average Bonchev–Trinajstić information content (AvgIpc) is 2.70. The number of nitrogens with one attached hydrogen (secondary N) is 1. The second-order valence-corrected chi connectivity index (χ2v) is 7.33. The van der Waals surface area contributed by atoms with E-state index >= 15 is 0 Å². The van der Waals surface area contributed by atoms with Gasteiger partial charge >= 0.3 is 0 Å². The van der Waals surface area contributed by atoms with Crippen LogP contribution in [0.4, 0.5) is 5.69 Å². The number of nitrogens with zero attached hydrogens (tertiary/aromatic N) is 1. The van der Waals surface area contributed by atoms with Crippen molar-refractivity contribution in [3.63, 3.8) is 0 Å². The molecule has 0 aliphatic heterocycles. The van der Waals surface area contributed by atoms with Crippen molar-refractivity contribution in [3.05, 3.63) is 57.1 Å². The quantitative estimate of drug-likeness (QED) is 0.402. The molecule has 1 amide bonds. The van der Waals surface area contributed by atoms with Crippen molar-refractivity contribution in [1.29, 1.82) is 5.26 Å². The summed E-state index contributed by atoms with van der Waals surface area (Å²) in [5, 5.41) is 12.4. The van der Waals surface area contributed by atoms with Crippen LogP contribution in [0.15, 0.2) is 40.4 Å². The van der Waals surface area contributed by atoms with Crippen LogP contribution in [0.5, 0.6) is 11.5 Å². The molecule has 5 nitrogen and oxygen atoms in total. The SMILES string of the molecule is CCCOc1cc(Br)c(/C=C(/C#N)C(=O)Nc2cccc(C)c2C)cc1OCC. The Morgan fingerprint density at radius 1 is 1.21 bits per heavy atom. The number of hydrogen-bond acceptors (Lipinski definition) is 4. The zero-order valence-electron chi connectivity index (χ0n) is 17.1. The summed E-state index contributed by atoms with van der Waals surface area (Å²) in [4.78, 5) is 12.7. The van der Waals surface area contributed by atoms with E-state index in [9.17, 15) is 10.1 Å². The summed E-state index contributed by atoms with van der Waals surface area (Å²) in [6.45, 7) is 8.87. The number of anilines is 1. The third-order valence-electron chi connectivity index (χ3n) is 4.34. The van der Waals surface area contributed by atoms with Gasteiger partial charge in [0.25, 0.3) is 5.91 Å². The van der Waals surface area contributed by atoms with Gasteiger partial charge in [-0.15, -0.1) is 0 Å². The topological polar surface area (TPSA) is 71.3 Å². The van der Waals surface area contributed by atoms with Crippen LogP contribution in [0.1, 0.15) is 37.0 Å². The Kier molecular flexibility index (Phi) is 8.29. The summed E-state index contributed by atoms with van der Waals surface area (Å²) in [6, 6.07) is 11.2. The molecule has 6 heteroatoms. The highest BCUT2D eigenvalue weighted by molar-refractivity contribution is 9.10. The van der Waals surface area contributed by atoms with E-state index in [-0.39, 0.29) is 5.57 Å². The lowest BCUT2D eigenvalue weighted by Gasteiger charge is -2.14. The molecule has 0 aliphatic rings. The highest BCUT2D eigenvalue weighted by Crippen LogP contribution is 2.35. The Morgan fingerprint density at radius 3 is 2.59 bits per heavy atom. The highest BCUT2D eigenvalue weighted by Gasteiger charge is 2.15. The van der Waals surface area contributed by atoms with Crippen LogP contribution < -0.4 is 14.8 Å². The standard InChI is InChI=1S/C23H25BrN2O3/c1-5-10-29-22-13-19(24)17(12-21(22)28-6-2)11-18(14-25)23(27)26-20-9-7-8-15(3)16(20)4/h7-9,11-13H,5-6,10H2,1-4H3,(H,26,27)/b18-11-. The van der Waals surface area contributed by atoms with Gasteiger partial charge in [-0.05, 0) is 68.2 Å². The minimum absolute atomic E-state index is 0.00344. The number of carbonyl (C=O) groups excluding carboxylic acids is 1. The lowest BCUT2D eigenvalue weighted by atomic mass is 10.1. The number of carbonyl (C=O) groups is 1. The summed E-state index contributed by atoms with van der Waals surface area (Å²) in [6.07, 6.45) is 2.42. The Balaban J connectivity index is 2.36. The van der Waals surface area contributed by atoms with Crippen molar-refractivity contribution in [2.45, 2.75) is 34.1 Å². The molecule has 0 bridgehead atoms. The summed E-state index contributed by atoms with van der Waals surface area (Å²) >= 11 is 3.50. The molecule has 0 unspecified atom stereocenters. The summed E-state index contributed by atoms with van der Waals surface area (Å²) in [5.41, 5.74) is 3.38. The first-order chi connectivity index (χ1) is 13.9. The zero-order chi connectivity index (χ0) is 21.4. The second-order valence-electron chi connectivity index (χ2n) is 6.47. The Hall–Kier alpha value is -2.78. The third-order valence-corrected chi connectivity index (χ3v) is 5.03. The van der Waals surface area contributed by atoms with E-state index in [0.29, 0.717) is 40.4 Å². The molecule has 0 spiro atoms. The predicted octanol–water partition coefficient (Wildman–Crippen LogP) is 5.80. The lowest BCUT2D eigenvalue weighted by molar-refractivity contribution is -0.112. The fourth-order valence-electron chi connectivity index (χ4n) is 2.63. The van der Waals surface area contributed by atoms with E-state index in [1.165, 1.54) is 6.08 Å². The average molecular weight is 457 g/mol. The van der Waals surface area contributed by atoms with Crippen LogP contribution in [0, 0.1) is 25.2 Å². The van der Waals surface area contributed by atoms with Crippen molar-refractivity contribution in [1.82, 2.24) is 0 Å². The van der Waals surface area contributed by atoms with Crippen molar-refractivity contribution < 1.29 is 14.3 Å². The highest BCUT2D eigenvalue weighted by atomic mass is 79.9. The first-order valence-corrected chi connectivity index (χ1v) is 10.3. The molecule has 2 aromatic rings. The maximum absolute atomic E-state index is 12.7. The Labute approximate surface area is 180 Å². The van der Waals surface area contributed by atoms with Crippen molar-refractivity contribution in [3.8, 4) is 17.6 Å². The third kappa shape index (κ3) is 5.85. The minimum atomic E-state index is -0.461. The zero-order valence-corrected chi connectivity index (χ0v) is 18.7. The van der Waals surface area contributed by atoms with Gasteiger partial charge in [0.05, 0.1) is 13.2 Å².